The van der Waals surface area contributed by atoms with E-state index >= 15 is 0 Å². The van der Waals surface area contributed by atoms with Gasteiger partial charge in [-0.3, -0.25) is 0 Å². The fourth-order valence-corrected chi connectivity index (χ4v) is 4.88. The quantitative estimate of drug-likeness (QED) is 0.210. The van der Waals surface area contributed by atoms with E-state index in [2.05, 4.69) is 6.92 Å². The third-order valence-corrected chi connectivity index (χ3v) is 6.96. The fraction of sp³-hybridized carbons (Fsp3) is 0.556. The third-order valence-electron chi connectivity index (χ3n) is 6.96. The minimum absolute atomic E-state index is 0.101. The second kappa shape index (κ2) is 11.2. The van der Waals surface area contributed by atoms with E-state index in [-0.39, 0.29) is 11.1 Å². The van der Waals surface area contributed by atoms with Crippen LogP contribution in [0.3, 0.4) is 0 Å². The molecule has 0 amide bonds. The molecule has 0 heterocycles. The van der Waals surface area contributed by atoms with Crippen LogP contribution < -0.4 is 0 Å². The van der Waals surface area contributed by atoms with Crippen LogP contribution in [-0.2, 0) is 0 Å². The van der Waals surface area contributed by atoms with Crippen molar-refractivity contribution in [2.24, 2.45) is 5.92 Å². The smallest absolute Gasteiger partial charge is 0.167 e. The first-order chi connectivity index (χ1) is 14.9. The Balaban J connectivity index is 1.58. The molecule has 0 N–H and O–H groups in total. The summed E-state index contributed by atoms with van der Waals surface area (Å²) in [5.74, 6) is -2.92. The van der Waals surface area contributed by atoms with Crippen molar-refractivity contribution in [2.45, 2.75) is 90.4 Å². The maximum absolute atomic E-state index is 14.8. The highest BCUT2D eigenvalue weighted by molar-refractivity contribution is 5.66. The third kappa shape index (κ3) is 5.90. The van der Waals surface area contributed by atoms with E-state index in [0.29, 0.717) is 5.92 Å². The van der Waals surface area contributed by atoms with E-state index in [1.807, 2.05) is 0 Å². The van der Waals surface area contributed by atoms with Crippen molar-refractivity contribution in [1.82, 2.24) is 0 Å². The molecule has 1 aliphatic carbocycles. The maximum Gasteiger partial charge on any atom is 0.167 e. The molecule has 0 atom stereocenters. The van der Waals surface area contributed by atoms with Gasteiger partial charge in [0.1, 0.15) is 11.6 Å². The normalized spacial score (nSPS) is 19.0. The predicted molar refractivity (Wildman–Crippen MR) is 119 cm³/mol. The number of rotatable bonds is 9. The Hall–Kier alpha value is -1.84. The number of hydrogen-bond acceptors (Lipinski definition) is 0. The van der Waals surface area contributed by atoms with E-state index in [9.17, 15) is 17.6 Å². The molecule has 0 radical (unpaired) electrons. The summed E-state index contributed by atoms with van der Waals surface area (Å²) >= 11 is 0. The predicted octanol–water partition coefficient (Wildman–Crippen LogP) is 9.24. The van der Waals surface area contributed by atoms with Crippen molar-refractivity contribution in [1.29, 1.82) is 0 Å². The van der Waals surface area contributed by atoms with Crippen LogP contribution in [-0.4, -0.2) is 0 Å². The highest BCUT2D eigenvalue weighted by atomic mass is 19.2. The van der Waals surface area contributed by atoms with Crippen LogP contribution in [0, 0.1) is 36.1 Å². The van der Waals surface area contributed by atoms with Gasteiger partial charge in [-0.2, -0.15) is 0 Å². The van der Waals surface area contributed by atoms with E-state index < -0.39 is 28.8 Å². The van der Waals surface area contributed by atoms with Crippen molar-refractivity contribution >= 4 is 0 Å². The molecule has 0 saturated heterocycles. The maximum atomic E-state index is 14.8. The van der Waals surface area contributed by atoms with Crippen molar-refractivity contribution in [3.63, 3.8) is 0 Å². The van der Waals surface area contributed by atoms with Gasteiger partial charge in [0.2, 0.25) is 0 Å². The average Bonchev–Trinajstić information content (AvgIpc) is 2.78. The standard InChI is InChI=1S/C27H34F4/c1-3-4-5-6-7-8-9-19-10-12-20(13-11-19)21-14-15-22(25(29)16-21)23-17-24(28)18(2)26(30)27(23)31/h14-17,19-20H,3-13H2,1-2H3/t19-,20-. The summed E-state index contributed by atoms with van der Waals surface area (Å²) in [5.41, 5.74) is 0.0341. The Morgan fingerprint density at radius 2 is 1.42 bits per heavy atom. The summed E-state index contributed by atoms with van der Waals surface area (Å²) in [6.45, 7) is 3.40. The van der Waals surface area contributed by atoms with Crippen molar-refractivity contribution in [3.8, 4) is 11.1 Å². The van der Waals surface area contributed by atoms with Crippen LogP contribution in [0.1, 0.15) is 94.6 Å². The van der Waals surface area contributed by atoms with E-state index in [1.54, 1.807) is 6.07 Å². The Bertz CT molecular complexity index is 866. The van der Waals surface area contributed by atoms with E-state index in [0.717, 1.165) is 43.2 Å². The minimum Gasteiger partial charge on any atom is -0.207 e. The van der Waals surface area contributed by atoms with Gasteiger partial charge in [-0.15, -0.1) is 0 Å². The van der Waals surface area contributed by atoms with Crippen molar-refractivity contribution < 1.29 is 17.6 Å². The molecule has 1 aliphatic rings. The summed E-state index contributed by atoms with van der Waals surface area (Å²) in [6.07, 6.45) is 13.6. The topological polar surface area (TPSA) is 0 Å². The number of halogens is 4. The molecule has 2 aromatic rings. The van der Waals surface area contributed by atoms with Gasteiger partial charge in [-0.25, -0.2) is 17.6 Å². The lowest BCUT2D eigenvalue weighted by Gasteiger charge is -2.29. The molecular formula is C27H34F4. The molecule has 1 saturated carbocycles. The van der Waals surface area contributed by atoms with Gasteiger partial charge < -0.3 is 0 Å². The van der Waals surface area contributed by atoms with Gasteiger partial charge >= 0.3 is 0 Å². The monoisotopic (exact) mass is 434 g/mol. The molecule has 2 aromatic carbocycles. The molecule has 0 unspecified atom stereocenters. The second-order valence-electron chi connectivity index (χ2n) is 9.17. The number of unbranched alkanes of at least 4 members (excludes halogenated alkanes) is 5. The Labute approximate surface area is 184 Å². The van der Waals surface area contributed by atoms with E-state index in [4.69, 9.17) is 0 Å². The molecule has 0 bridgehead atoms. The van der Waals surface area contributed by atoms with Crippen LogP contribution in [0.25, 0.3) is 11.1 Å². The fourth-order valence-electron chi connectivity index (χ4n) is 4.88. The zero-order chi connectivity index (χ0) is 22.4. The second-order valence-corrected chi connectivity index (χ2v) is 9.17. The summed E-state index contributed by atoms with van der Waals surface area (Å²) in [6, 6.07) is 5.54. The van der Waals surface area contributed by atoms with Gasteiger partial charge in [0.15, 0.2) is 11.6 Å². The molecule has 0 aliphatic heterocycles. The zero-order valence-corrected chi connectivity index (χ0v) is 18.8. The first kappa shape index (κ1) is 23.8. The summed E-state index contributed by atoms with van der Waals surface area (Å²) in [7, 11) is 0. The largest absolute Gasteiger partial charge is 0.207 e. The molecule has 0 spiro atoms. The van der Waals surface area contributed by atoms with Gasteiger partial charge in [0, 0.05) is 16.7 Å². The van der Waals surface area contributed by atoms with Crippen molar-refractivity contribution in [2.75, 3.05) is 0 Å². The first-order valence-corrected chi connectivity index (χ1v) is 11.9. The first-order valence-electron chi connectivity index (χ1n) is 11.9. The van der Waals surface area contributed by atoms with Crippen molar-refractivity contribution in [3.05, 3.63) is 58.7 Å². The van der Waals surface area contributed by atoms with Gasteiger partial charge in [0.25, 0.3) is 0 Å². The van der Waals surface area contributed by atoms with Gasteiger partial charge in [-0.1, -0.05) is 64.0 Å². The van der Waals surface area contributed by atoms with Crippen LogP contribution >= 0.6 is 0 Å². The number of hydrogen-bond donors (Lipinski definition) is 0. The molecule has 31 heavy (non-hydrogen) atoms. The highest BCUT2D eigenvalue weighted by Crippen LogP contribution is 2.39. The SMILES string of the molecule is CCCCCCCC[C@H]1CC[C@H](c2ccc(-c3cc(F)c(C)c(F)c3F)c(F)c2)CC1. The van der Waals surface area contributed by atoms with Crippen LogP contribution in [0.2, 0.25) is 0 Å². The van der Waals surface area contributed by atoms with Gasteiger partial charge in [-0.05, 0) is 62.1 Å². The molecule has 3 rings (SSSR count). The molecule has 4 heteroatoms. The van der Waals surface area contributed by atoms with E-state index in [1.165, 1.54) is 64.0 Å². The average molecular weight is 435 g/mol. The van der Waals surface area contributed by atoms with Crippen LogP contribution in [0.15, 0.2) is 24.3 Å². The number of benzene rings is 2. The van der Waals surface area contributed by atoms with Crippen LogP contribution in [0.5, 0.6) is 0 Å². The summed E-state index contributed by atoms with van der Waals surface area (Å²) < 4.78 is 56.9. The summed E-state index contributed by atoms with van der Waals surface area (Å²) in [5, 5.41) is 0. The lowest BCUT2D eigenvalue weighted by atomic mass is 9.77. The lowest BCUT2D eigenvalue weighted by molar-refractivity contribution is 0.301. The Morgan fingerprint density at radius 3 is 2.10 bits per heavy atom. The van der Waals surface area contributed by atoms with Crippen LogP contribution in [0.4, 0.5) is 17.6 Å². The summed E-state index contributed by atoms with van der Waals surface area (Å²) in [4.78, 5) is 0. The minimum atomic E-state index is -1.26. The highest BCUT2D eigenvalue weighted by Gasteiger charge is 2.24. The molecule has 0 aromatic heterocycles. The molecule has 1 fully saturated rings. The zero-order valence-electron chi connectivity index (χ0n) is 18.8. The Morgan fingerprint density at radius 1 is 0.742 bits per heavy atom. The van der Waals surface area contributed by atoms with Gasteiger partial charge in [0.05, 0.1) is 0 Å². The molecular weight excluding hydrogens is 400 g/mol. The molecule has 170 valence electrons. The Kier molecular flexibility index (Phi) is 8.57. The molecule has 0 nitrogen and oxygen atoms in total. The lowest BCUT2D eigenvalue weighted by Crippen LogP contribution is -2.13.